The molecule has 0 aliphatic carbocycles. The molecule has 1 aromatic heterocycles. The summed E-state index contributed by atoms with van der Waals surface area (Å²) in [6, 6.07) is 10.3. The topological polar surface area (TPSA) is 80.0 Å². The summed E-state index contributed by atoms with van der Waals surface area (Å²) in [6.07, 6.45) is 5.29. The Morgan fingerprint density at radius 2 is 2.20 bits per heavy atom. The van der Waals surface area contributed by atoms with E-state index in [4.69, 9.17) is 14.7 Å². The lowest BCUT2D eigenvalue weighted by atomic mass is 9.85. The van der Waals surface area contributed by atoms with Crippen LogP contribution >= 0.6 is 0 Å². The highest BCUT2D eigenvalue weighted by molar-refractivity contribution is 5.25. The summed E-state index contributed by atoms with van der Waals surface area (Å²) in [7, 11) is 1.94. The Bertz CT molecular complexity index is 637. The van der Waals surface area contributed by atoms with Crippen molar-refractivity contribution in [1.29, 1.82) is 0 Å². The van der Waals surface area contributed by atoms with E-state index in [1.54, 1.807) is 12.5 Å². The zero-order valence-electron chi connectivity index (χ0n) is 14.4. The van der Waals surface area contributed by atoms with Crippen LogP contribution in [0.15, 0.2) is 49.1 Å². The van der Waals surface area contributed by atoms with Crippen LogP contribution in [0, 0.1) is 0 Å². The van der Waals surface area contributed by atoms with Crippen molar-refractivity contribution >= 4 is 0 Å². The minimum Gasteiger partial charge on any atom is -0.394 e. The summed E-state index contributed by atoms with van der Waals surface area (Å²) in [5, 5.41) is 20.2. The van der Waals surface area contributed by atoms with Crippen molar-refractivity contribution in [2.45, 2.75) is 30.7 Å². The Morgan fingerprint density at radius 1 is 1.40 bits per heavy atom. The van der Waals surface area contributed by atoms with Gasteiger partial charge in [0, 0.05) is 32.4 Å². The van der Waals surface area contributed by atoms with E-state index in [1.165, 1.54) is 5.56 Å². The Kier molecular flexibility index (Phi) is 5.82. The van der Waals surface area contributed by atoms with Gasteiger partial charge in [0.1, 0.15) is 12.2 Å². The number of rotatable bonds is 8. The average molecular weight is 347 g/mol. The maximum Gasteiger partial charge on any atom is 0.105 e. The summed E-state index contributed by atoms with van der Waals surface area (Å²) in [5.41, 5.74) is 0.843. The third-order valence-electron chi connectivity index (χ3n) is 4.61. The van der Waals surface area contributed by atoms with Crippen molar-refractivity contribution in [1.82, 2.24) is 14.6 Å². The summed E-state index contributed by atoms with van der Waals surface area (Å²) in [6.45, 7) is 0.864. The molecule has 0 bridgehead atoms. The number of aliphatic hydroxyl groups is 2. The maximum absolute atomic E-state index is 9.40. The smallest absolute Gasteiger partial charge is 0.105 e. The van der Waals surface area contributed by atoms with Crippen LogP contribution in [0.25, 0.3) is 0 Å². The fraction of sp³-hybridized carbons (Fsp3) is 0.500. The molecule has 2 heterocycles. The second-order valence-corrected chi connectivity index (χ2v) is 6.44. The quantitative estimate of drug-likeness (QED) is 0.735. The van der Waals surface area contributed by atoms with Crippen LogP contribution in [-0.4, -0.2) is 63.9 Å². The predicted octanol–water partition coefficient (Wildman–Crippen LogP) is 0.784. The van der Waals surface area contributed by atoms with Crippen molar-refractivity contribution in [3.05, 3.63) is 54.6 Å². The number of hydrogen-bond acceptors (Lipinski definition) is 6. The van der Waals surface area contributed by atoms with Crippen LogP contribution in [0.2, 0.25) is 0 Å². The van der Waals surface area contributed by atoms with Gasteiger partial charge in [-0.05, 0) is 5.56 Å². The number of imidazole rings is 1. The molecule has 1 fully saturated rings. The van der Waals surface area contributed by atoms with Gasteiger partial charge in [0.15, 0.2) is 0 Å². The van der Waals surface area contributed by atoms with Crippen LogP contribution < -0.4 is 0 Å². The highest BCUT2D eigenvalue weighted by Gasteiger charge is 2.46. The molecule has 0 spiro atoms. The molecule has 0 saturated carbocycles. The molecule has 1 aliphatic rings. The standard InChI is InChI=1S/C18H25N3O4/c1-20-18(13-21-8-7-19-14-21,15-5-3-2-4-6-15)9-17(25-20)12-24-11-16(23)10-22/h2-8,14,16-17,22-23H,9-13H2,1H3. The molecule has 0 amide bonds. The number of nitrogens with zero attached hydrogens (tertiary/aromatic N) is 3. The lowest BCUT2D eigenvalue weighted by molar-refractivity contribution is -0.186. The lowest BCUT2D eigenvalue weighted by Gasteiger charge is -2.34. The molecule has 1 aliphatic heterocycles. The first-order valence-corrected chi connectivity index (χ1v) is 8.42. The number of aliphatic hydroxyl groups excluding tert-OH is 2. The molecule has 1 aromatic carbocycles. The Morgan fingerprint density at radius 3 is 2.88 bits per heavy atom. The van der Waals surface area contributed by atoms with Crippen LogP contribution in [-0.2, 0) is 21.7 Å². The van der Waals surface area contributed by atoms with Gasteiger partial charge in [-0.25, -0.2) is 4.98 Å². The molecule has 1 saturated heterocycles. The van der Waals surface area contributed by atoms with Crippen LogP contribution in [0.5, 0.6) is 0 Å². The first-order valence-electron chi connectivity index (χ1n) is 8.42. The van der Waals surface area contributed by atoms with E-state index >= 15 is 0 Å². The van der Waals surface area contributed by atoms with E-state index in [0.717, 1.165) is 6.42 Å². The second kappa shape index (κ2) is 8.07. The highest BCUT2D eigenvalue weighted by atomic mass is 16.7. The van der Waals surface area contributed by atoms with Crippen molar-refractivity contribution in [2.75, 3.05) is 26.9 Å². The third kappa shape index (κ3) is 4.08. The van der Waals surface area contributed by atoms with Crippen molar-refractivity contribution < 1.29 is 19.8 Å². The fourth-order valence-corrected chi connectivity index (χ4v) is 3.33. The average Bonchev–Trinajstić information content (AvgIpc) is 3.24. The van der Waals surface area contributed by atoms with Crippen molar-refractivity contribution in [3.8, 4) is 0 Å². The molecule has 3 unspecified atom stereocenters. The minimum absolute atomic E-state index is 0.0972. The monoisotopic (exact) mass is 347 g/mol. The molecule has 7 heteroatoms. The molecule has 2 aromatic rings. The normalized spacial score (nSPS) is 25.3. The number of likely N-dealkylation sites (N-methyl/N-ethyl adjacent to an activating group) is 1. The van der Waals surface area contributed by atoms with E-state index in [-0.39, 0.29) is 24.9 Å². The van der Waals surface area contributed by atoms with E-state index in [2.05, 4.69) is 17.1 Å². The molecule has 0 radical (unpaired) electrons. The zero-order valence-corrected chi connectivity index (χ0v) is 14.4. The number of hydroxylamine groups is 2. The molecule has 25 heavy (non-hydrogen) atoms. The van der Waals surface area contributed by atoms with E-state index in [0.29, 0.717) is 13.2 Å². The van der Waals surface area contributed by atoms with Gasteiger partial charge >= 0.3 is 0 Å². The van der Waals surface area contributed by atoms with Gasteiger partial charge in [-0.3, -0.25) is 4.84 Å². The lowest BCUT2D eigenvalue weighted by Crippen LogP contribution is -2.41. The van der Waals surface area contributed by atoms with Gasteiger partial charge in [0.05, 0.1) is 31.7 Å². The van der Waals surface area contributed by atoms with Crippen LogP contribution in [0.4, 0.5) is 0 Å². The number of hydrogen-bond donors (Lipinski definition) is 2. The van der Waals surface area contributed by atoms with E-state index in [9.17, 15) is 5.11 Å². The largest absolute Gasteiger partial charge is 0.394 e. The first kappa shape index (κ1) is 18.0. The molecule has 2 N–H and O–H groups in total. The highest BCUT2D eigenvalue weighted by Crippen LogP contribution is 2.41. The fourth-order valence-electron chi connectivity index (χ4n) is 3.33. The maximum atomic E-state index is 9.40. The molecular weight excluding hydrogens is 322 g/mol. The van der Waals surface area contributed by atoms with Gasteiger partial charge < -0.3 is 19.5 Å². The van der Waals surface area contributed by atoms with Gasteiger partial charge in [-0.15, -0.1) is 0 Å². The summed E-state index contributed by atoms with van der Waals surface area (Å²) in [5.74, 6) is 0. The van der Waals surface area contributed by atoms with Gasteiger partial charge in [0.2, 0.25) is 0 Å². The predicted molar refractivity (Wildman–Crippen MR) is 91.5 cm³/mol. The number of benzene rings is 1. The van der Waals surface area contributed by atoms with Gasteiger partial charge in [-0.1, -0.05) is 30.3 Å². The summed E-state index contributed by atoms with van der Waals surface area (Å²) < 4.78 is 7.55. The molecule has 3 atom stereocenters. The second-order valence-electron chi connectivity index (χ2n) is 6.44. The SMILES string of the molecule is CN1OC(COCC(O)CO)CC1(Cn1ccnc1)c1ccccc1. The first-order chi connectivity index (χ1) is 12.1. The molecular formula is C18H25N3O4. The Hall–Kier alpha value is -1.77. The Balaban J connectivity index is 1.75. The van der Waals surface area contributed by atoms with Crippen LogP contribution in [0.1, 0.15) is 12.0 Å². The third-order valence-corrected chi connectivity index (χ3v) is 4.61. The summed E-state index contributed by atoms with van der Waals surface area (Å²) in [4.78, 5) is 10.2. The van der Waals surface area contributed by atoms with E-state index in [1.807, 2.05) is 41.1 Å². The number of aromatic nitrogens is 2. The van der Waals surface area contributed by atoms with Gasteiger partial charge in [-0.2, -0.15) is 5.06 Å². The molecule has 136 valence electrons. The minimum atomic E-state index is -0.857. The van der Waals surface area contributed by atoms with E-state index < -0.39 is 6.10 Å². The Labute approximate surface area is 147 Å². The zero-order chi connectivity index (χ0) is 17.7. The number of ether oxygens (including phenoxy) is 1. The molecule has 3 rings (SSSR count). The summed E-state index contributed by atoms with van der Waals surface area (Å²) >= 11 is 0. The molecule has 7 nitrogen and oxygen atoms in total. The van der Waals surface area contributed by atoms with Gasteiger partial charge in [0.25, 0.3) is 0 Å². The van der Waals surface area contributed by atoms with Crippen LogP contribution in [0.3, 0.4) is 0 Å². The van der Waals surface area contributed by atoms with Crippen molar-refractivity contribution in [3.63, 3.8) is 0 Å². The van der Waals surface area contributed by atoms with Crippen molar-refractivity contribution in [2.24, 2.45) is 0 Å².